The lowest BCUT2D eigenvalue weighted by Crippen LogP contribution is -2.46. The summed E-state index contributed by atoms with van der Waals surface area (Å²) >= 11 is 0. The van der Waals surface area contributed by atoms with Gasteiger partial charge in [-0.3, -0.25) is 4.79 Å². The van der Waals surface area contributed by atoms with Gasteiger partial charge in [-0.15, -0.1) is 0 Å². The fraction of sp³-hybridized carbons (Fsp3) is 0.545. The third kappa shape index (κ3) is 3.47. The van der Waals surface area contributed by atoms with Gasteiger partial charge in [-0.25, -0.2) is 4.79 Å². The number of nitrogens with zero attached hydrogens (tertiary/aromatic N) is 1. The van der Waals surface area contributed by atoms with Crippen molar-refractivity contribution in [2.75, 3.05) is 5.32 Å². The topological polar surface area (TPSA) is 96.3 Å². The van der Waals surface area contributed by atoms with Crippen LogP contribution in [0.5, 0.6) is 0 Å². The molecule has 1 heterocycles. The molecule has 1 fully saturated rings. The summed E-state index contributed by atoms with van der Waals surface area (Å²) in [5.74, 6) is 0.611. The molecule has 7 nitrogen and oxygen atoms in total. The second-order valence-electron chi connectivity index (χ2n) is 4.43. The van der Waals surface area contributed by atoms with E-state index in [-0.39, 0.29) is 18.0 Å². The molecule has 0 spiro atoms. The maximum absolute atomic E-state index is 11.7. The fourth-order valence-electron chi connectivity index (χ4n) is 1.38. The highest BCUT2D eigenvalue weighted by molar-refractivity contribution is 5.96. The van der Waals surface area contributed by atoms with Gasteiger partial charge in [-0.2, -0.15) is 0 Å². The smallest absolute Gasteiger partial charge is 0.315 e. The summed E-state index contributed by atoms with van der Waals surface area (Å²) in [6, 6.07) is 0.908. The Morgan fingerprint density at radius 2 is 2.22 bits per heavy atom. The van der Waals surface area contributed by atoms with Crippen molar-refractivity contribution in [3.8, 4) is 0 Å². The van der Waals surface area contributed by atoms with Crippen molar-refractivity contribution < 1.29 is 14.1 Å². The molecule has 1 aliphatic rings. The van der Waals surface area contributed by atoms with Crippen LogP contribution in [0.3, 0.4) is 0 Å². The monoisotopic (exact) mass is 252 g/mol. The summed E-state index contributed by atoms with van der Waals surface area (Å²) in [6.07, 6.45) is 2.01. The Balaban J connectivity index is 1.78. The van der Waals surface area contributed by atoms with Crippen LogP contribution in [0, 0.1) is 6.92 Å². The van der Waals surface area contributed by atoms with E-state index < -0.39 is 6.04 Å². The van der Waals surface area contributed by atoms with Crippen LogP contribution >= 0.6 is 0 Å². The van der Waals surface area contributed by atoms with Gasteiger partial charge in [0.2, 0.25) is 5.91 Å². The molecule has 0 unspecified atom stereocenters. The SMILES string of the molecule is Cc1cc(NC(=O)[C@H](C)NC(=O)NC2CC2)no1. The van der Waals surface area contributed by atoms with Gasteiger partial charge >= 0.3 is 6.03 Å². The average molecular weight is 252 g/mol. The van der Waals surface area contributed by atoms with Gasteiger partial charge in [0.25, 0.3) is 0 Å². The third-order valence-corrected chi connectivity index (χ3v) is 2.53. The summed E-state index contributed by atoms with van der Waals surface area (Å²) in [5, 5.41) is 11.5. The lowest BCUT2D eigenvalue weighted by Gasteiger charge is -2.13. The molecule has 1 aromatic rings. The van der Waals surface area contributed by atoms with Crippen molar-refractivity contribution in [1.29, 1.82) is 0 Å². The van der Waals surface area contributed by atoms with Crippen molar-refractivity contribution in [2.24, 2.45) is 0 Å². The number of urea groups is 1. The molecule has 0 saturated heterocycles. The van der Waals surface area contributed by atoms with E-state index in [1.165, 1.54) is 0 Å². The van der Waals surface area contributed by atoms with Crippen LogP contribution in [0.1, 0.15) is 25.5 Å². The lowest BCUT2D eigenvalue weighted by atomic mass is 10.3. The molecule has 0 radical (unpaired) electrons. The molecule has 0 aliphatic heterocycles. The number of carbonyl (C=O) groups is 2. The number of amides is 3. The molecule has 1 atom stereocenters. The molecule has 98 valence electrons. The minimum atomic E-state index is -0.638. The molecule has 0 bridgehead atoms. The van der Waals surface area contributed by atoms with E-state index in [2.05, 4.69) is 21.1 Å². The first-order valence-electron chi connectivity index (χ1n) is 5.86. The zero-order chi connectivity index (χ0) is 13.1. The van der Waals surface area contributed by atoms with Crippen molar-refractivity contribution in [3.05, 3.63) is 11.8 Å². The highest BCUT2D eigenvalue weighted by atomic mass is 16.5. The van der Waals surface area contributed by atoms with Crippen LogP contribution in [0.2, 0.25) is 0 Å². The van der Waals surface area contributed by atoms with Gasteiger partial charge in [-0.05, 0) is 26.7 Å². The van der Waals surface area contributed by atoms with E-state index in [0.29, 0.717) is 11.6 Å². The first-order chi connectivity index (χ1) is 8.54. The second-order valence-corrected chi connectivity index (χ2v) is 4.43. The predicted molar refractivity (Wildman–Crippen MR) is 64.0 cm³/mol. The molecule has 3 amide bonds. The van der Waals surface area contributed by atoms with Crippen molar-refractivity contribution in [2.45, 2.75) is 38.8 Å². The van der Waals surface area contributed by atoms with Gasteiger partial charge in [0.1, 0.15) is 11.8 Å². The van der Waals surface area contributed by atoms with Crippen molar-refractivity contribution in [1.82, 2.24) is 15.8 Å². The van der Waals surface area contributed by atoms with Gasteiger partial charge in [0.05, 0.1) is 0 Å². The largest absolute Gasteiger partial charge is 0.360 e. The van der Waals surface area contributed by atoms with Crippen LogP contribution in [-0.2, 0) is 4.79 Å². The Labute approximate surface area is 104 Å². The first kappa shape index (κ1) is 12.4. The van der Waals surface area contributed by atoms with E-state index in [1.807, 2.05) is 0 Å². The summed E-state index contributed by atoms with van der Waals surface area (Å²) < 4.78 is 4.82. The maximum Gasteiger partial charge on any atom is 0.315 e. The predicted octanol–water partition coefficient (Wildman–Crippen LogP) is 0.772. The van der Waals surface area contributed by atoms with Gasteiger partial charge in [0, 0.05) is 12.1 Å². The van der Waals surface area contributed by atoms with E-state index in [4.69, 9.17) is 4.52 Å². The number of aryl methyl sites for hydroxylation is 1. The third-order valence-electron chi connectivity index (χ3n) is 2.53. The number of carbonyl (C=O) groups excluding carboxylic acids is 2. The molecule has 7 heteroatoms. The van der Waals surface area contributed by atoms with Crippen LogP contribution in [0.4, 0.5) is 10.6 Å². The second kappa shape index (κ2) is 5.07. The number of anilines is 1. The zero-order valence-corrected chi connectivity index (χ0v) is 10.3. The van der Waals surface area contributed by atoms with Gasteiger partial charge in [-0.1, -0.05) is 5.16 Å². The first-order valence-corrected chi connectivity index (χ1v) is 5.86. The summed E-state index contributed by atoms with van der Waals surface area (Å²) in [5.41, 5.74) is 0. The standard InChI is InChI=1S/C11H16N4O3/c1-6-5-9(15-18-6)14-10(16)7(2)12-11(17)13-8-3-4-8/h5,7-8H,3-4H2,1-2H3,(H2,12,13,17)(H,14,15,16)/t7-/m0/s1. The highest BCUT2D eigenvalue weighted by Gasteiger charge is 2.25. The Morgan fingerprint density at radius 3 is 2.78 bits per heavy atom. The van der Waals surface area contributed by atoms with Crippen LogP contribution < -0.4 is 16.0 Å². The summed E-state index contributed by atoms with van der Waals surface area (Å²) in [4.78, 5) is 23.2. The molecule has 1 aromatic heterocycles. The van der Waals surface area contributed by atoms with Crippen molar-refractivity contribution >= 4 is 17.8 Å². The number of nitrogens with one attached hydrogen (secondary N) is 3. The van der Waals surface area contributed by atoms with Gasteiger partial charge < -0.3 is 20.5 Å². The number of hydrogen-bond donors (Lipinski definition) is 3. The molecular formula is C11H16N4O3. The minimum Gasteiger partial charge on any atom is -0.360 e. The maximum atomic E-state index is 11.7. The zero-order valence-electron chi connectivity index (χ0n) is 10.3. The van der Waals surface area contributed by atoms with Crippen LogP contribution in [0.15, 0.2) is 10.6 Å². The van der Waals surface area contributed by atoms with E-state index in [1.54, 1.807) is 19.9 Å². The Bertz CT molecular complexity index is 453. The van der Waals surface area contributed by atoms with E-state index in [9.17, 15) is 9.59 Å². The molecule has 18 heavy (non-hydrogen) atoms. The van der Waals surface area contributed by atoms with Crippen molar-refractivity contribution in [3.63, 3.8) is 0 Å². The number of aromatic nitrogens is 1. The highest BCUT2D eigenvalue weighted by Crippen LogP contribution is 2.18. The quantitative estimate of drug-likeness (QED) is 0.737. The molecule has 3 N–H and O–H groups in total. The normalized spacial score (nSPS) is 15.9. The molecular weight excluding hydrogens is 236 g/mol. The Hall–Kier alpha value is -2.05. The number of hydrogen-bond acceptors (Lipinski definition) is 4. The Kier molecular flexibility index (Phi) is 3.50. The fourth-order valence-corrected chi connectivity index (χ4v) is 1.38. The minimum absolute atomic E-state index is 0.262. The van der Waals surface area contributed by atoms with E-state index in [0.717, 1.165) is 12.8 Å². The summed E-state index contributed by atoms with van der Waals surface area (Å²) in [7, 11) is 0. The molecule has 0 aromatic carbocycles. The average Bonchev–Trinajstić information content (AvgIpc) is 3.00. The molecule has 1 saturated carbocycles. The number of rotatable bonds is 4. The van der Waals surface area contributed by atoms with Crippen LogP contribution in [-0.4, -0.2) is 29.2 Å². The molecule has 2 rings (SSSR count). The van der Waals surface area contributed by atoms with E-state index >= 15 is 0 Å². The summed E-state index contributed by atoms with van der Waals surface area (Å²) in [6.45, 7) is 3.34. The molecule has 1 aliphatic carbocycles. The van der Waals surface area contributed by atoms with Gasteiger partial charge in [0.15, 0.2) is 5.82 Å². The lowest BCUT2D eigenvalue weighted by molar-refractivity contribution is -0.117. The van der Waals surface area contributed by atoms with Crippen LogP contribution in [0.25, 0.3) is 0 Å². The Morgan fingerprint density at radius 1 is 1.50 bits per heavy atom.